The predicted molar refractivity (Wildman–Crippen MR) is 96.9 cm³/mol. The van der Waals surface area contributed by atoms with Gasteiger partial charge in [0.05, 0.1) is 11.6 Å². The van der Waals surface area contributed by atoms with E-state index in [1.54, 1.807) is 24.3 Å². The van der Waals surface area contributed by atoms with Gasteiger partial charge in [-0.25, -0.2) is 8.78 Å². The van der Waals surface area contributed by atoms with Crippen LogP contribution in [0.4, 0.5) is 8.78 Å². The van der Waals surface area contributed by atoms with E-state index in [1.165, 1.54) is 24.3 Å². The summed E-state index contributed by atoms with van der Waals surface area (Å²) in [5.41, 5.74) is 0.966. The SMILES string of the molecule is CN1CCN([C@H](CNC(=O)c2ccccc2F)c2ccc(F)cc2)CC1. The summed E-state index contributed by atoms with van der Waals surface area (Å²) in [7, 11) is 2.07. The van der Waals surface area contributed by atoms with E-state index in [9.17, 15) is 13.6 Å². The Morgan fingerprint density at radius 3 is 2.35 bits per heavy atom. The third-order valence-electron chi connectivity index (χ3n) is 4.81. The van der Waals surface area contributed by atoms with Gasteiger partial charge < -0.3 is 10.2 Å². The summed E-state index contributed by atoms with van der Waals surface area (Å²) in [4.78, 5) is 16.9. The van der Waals surface area contributed by atoms with E-state index < -0.39 is 11.7 Å². The van der Waals surface area contributed by atoms with E-state index in [0.29, 0.717) is 6.54 Å². The summed E-state index contributed by atoms with van der Waals surface area (Å²) >= 11 is 0. The smallest absolute Gasteiger partial charge is 0.254 e. The number of likely N-dealkylation sites (N-methyl/N-ethyl adjacent to an activating group) is 1. The molecule has 2 aromatic carbocycles. The molecular formula is C20H23F2N3O. The Kier molecular flexibility index (Phi) is 5.96. The zero-order valence-electron chi connectivity index (χ0n) is 14.8. The predicted octanol–water partition coefficient (Wildman–Crippen LogP) is 2.68. The number of carbonyl (C=O) groups is 1. The molecule has 0 aromatic heterocycles. The van der Waals surface area contributed by atoms with Crippen molar-refractivity contribution in [3.05, 3.63) is 71.3 Å². The van der Waals surface area contributed by atoms with Crippen molar-refractivity contribution in [3.8, 4) is 0 Å². The highest BCUT2D eigenvalue weighted by molar-refractivity contribution is 5.94. The summed E-state index contributed by atoms with van der Waals surface area (Å²) in [5.74, 6) is -1.27. The Morgan fingerprint density at radius 1 is 1.04 bits per heavy atom. The minimum Gasteiger partial charge on any atom is -0.350 e. The molecule has 3 rings (SSSR count). The second-order valence-corrected chi connectivity index (χ2v) is 6.60. The normalized spacial score (nSPS) is 17.0. The maximum Gasteiger partial charge on any atom is 0.254 e. The highest BCUT2D eigenvalue weighted by atomic mass is 19.1. The minimum atomic E-state index is -0.539. The molecule has 0 saturated carbocycles. The molecule has 4 nitrogen and oxygen atoms in total. The van der Waals surface area contributed by atoms with Gasteiger partial charge in [-0.15, -0.1) is 0 Å². The van der Waals surface area contributed by atoms with Crippen molar-refractivity contribution in [1.29, 1.82) is 0 Å². The number of nitrogens with one attached hydrogen (secondary N) is 1. The Morgan fingerprint density at radius 2 is 1.69 bits per heavy atom. The lowest BCUT2D eigenvalue weighted by molar-refractivity contribution is 0.0882. The minimum absolute atomic E-state index is 0.0312. The summed E-state index contributed by atoms with van der Waals surface area (Å²) in [6.45, 7) is 3.91. The average molecular weight is 359 g/mol. The van der Waals surface area contributed by atoms with Gasteiger partial charge in [0, 0.05) is 32.7 Å². The van der Waals surface area contributed by atoms with E-state index in [1.807, 2.05) is 0 Å². The summed E-state index contributed by atoms with van der Waals surface area (Å²) in [6, 6.07) is 12.2. The molecule has 1 atom stereocenters. The summed E-state index contributed by atoms with van der Waals surface area (Å²) < 4.78 is 27.1. The molecule has 0 radical (unpaired) electrons. The number of hydrogen-bond acceptors (Lipinski definition) is 3. The van der Waals surface area contributed by atoms with Crippen molar-refractivity contribution in [2.75, 3.05) is 39.8 Å². The van der Waals surface area contributed by atoms with Crippen LogP contribution >= 0.6 is 0 Å². The molecule has 0 aliphatic carbocycles. The molecule has 1 aliphatic rings. The van der Waals surface area contributed by atoms with E-state index in [4.69, 9.17) is 0 Å². The monoisotopic (exact) mass is 359 g/mol. The van der Waals surface area contributed by atoms with Gasteiger partial charge >= 0.3 is 0 Å². The standard InChI is InChI=1S/C20H23F2N3O/c1-24-10-12-25(13-11-24)19(15-6-8-16(21)9-7-15)14-23-20(26)17-4-2-3-5-18(17)22/h2-9,19H,10-14H2,1H3,(H,23,26)/t19-/m1/s1. The first kappa shape index (κ1) is 18.5. The fraction of sp³-hybridized carbons (Fsp3) is 0.350. The summed E-state index contributed by atoms with van der Waals surface area (Å²) in [6.07, 6.45) is 0. The molecule has 1 amide bonds. The Balaban J connectivity index is 1.74. The van der Waals surface area contributed by atoms with E-state index >= 15 is 0 Å². The third kappa shape index (κ3) is 4.45. The van der Waals surface area contributed by atoms with E-state index in [-0.39, 0.29) is 17.4 Å². The largest absolute Gasteiger partial charge is 0.350 e. The topological polar surface area (TPSA) is 35.6 Å². The molecule has 2 aromatic rings. The van der Waals surface area contributed by atoms with Crippen molar-refractivity contribution in [3.63, 3.8) is 0 Å². The first-order chi connectivity index (χ1) is 12.5. The molecule has 0 spiro atoms. The van der Waals surface area contributed by atoms with Crippen LogP contribution in [-0.4, -0.2) is 55.5 Å². The van der Waals surface area contributed by atoms with Crippen LogP contribution in [0.1, 0.15) is 22.0 Å². The number of benzene rings is 2. The van der Waals surface area contributed by atoms with Gasteiger partial charge in [-0.3, -0.25) is 9.69 Å². The lowest BCUT2D eigenvalue weighted by atomic mass is 10.0. The second kappa shape index (κ2) is 8.38. The first-order valence-electron chi connectivity index (χ1n) is 8.75. The van der Waals surface area contributed by atoms with E-state index in [2.05, 4.69) is 22.2 Å². The van der Waals surface area contributed by atoms with Crippen LogP contribution in [0.15, 0.2) is 48.5 Å². The first-order valence-corrected chi connectivity index (χ1v) is 8.75. The van der Waals surface area contributed by atoms with Crippen molar-refractivity contribution in [1.82, 2.24) is 15.1 Å². The van der Waals surface area contributed by atoms with Crippen LogP contribution in [0.3, 0.4) is 0 Å². The van der Waals surface area contributed by atoms with Gasteiger partial charge in [0.15, 0.2) is 0 Å². The van der Waals surface area contributed by atoms with Crippen LogP contribution in [-0.2, 0) is 0 Å². The number of hydrogen-bond donors (Lipinski definition) is 1. The van der Waals surface area contributed by atoms with Gasteiger partial charge in [-0.2, -0.15) is 0 Å². The second-order valence-electron chi connectivity index (χ2n) is 6.60. The molecule has 0 unspecified atom stereocenters. The molecule has 1 fully saturated rings. The number of piperazine rings is 1. The Hall–Kier alpha value is -2.31. The van der Waals surface area contributed by atoms with Crippen molar-refractivity contribution in [2.24, 2.45) is 0 Å². The number of amides is 1. The molecular weight excluding hydrogens is 336 g/mol. The van der Waals surface area contributed by atoms with Gasteiger partial charge in [0.1, 0.15) is 11.6 Å². The number of nitrogens with zero attached hydrogens (tertiary/aromatic N) is 2. The highest BCUT2D eigenvalue weighted by Crippen LogP contribution is 2.22. The van der Waals surface area contributed by atoms with Crippen molar-refractivity contribution >= 4 is 5.91 Å². The van der Waals surface area contributed by atoms with Crippen molar-refractivity contribution in [2.45, 2.75) is 6.04 Å². The van der Waals surface area contributed by atoms with Gasteiger partial charge in [-0.05, 0) is 36.9 Å². The Labute approximate surface area is 152 Å². The Bertz CT molecular complexity index is 743. The zero-order valence-corrected chi connectivity index (χ0v) is 14.8. The number of carbonyl (C=O) groups excluding carboxylic acids is 1. The van der Waals surface area contributed by atoms with Crippen LogP contribution < -0.4 is 5.32 Å². The quantitative estimate of drug-likeness (QED) is 0.892. The van der Waals surface area contributed by atoms with Crippen LogP contribution in [0.2, 0.25) is 0 Å². The fourth-order valence-corrected chi connectivity index (χ4v) is 3.21. The van der Waals surface area contributed by atoms with Gasteiger partial charge in [0.2, 0.25) is 0 Å². The van der Waals surface area contributed by atoms with E-state index in [0.717, 1.165) is 31.7 Å². The van der Waals surface area contributed by atoms with Crippen molar-refractivity contribution < 1.29 is 13.6 Å². The average Bonchev–Trinajstić information content (AvgIpc) is 2.65. The molecule has 26 heavy (non-hydrogen) atoms. The maximum atomic E-state index is 13.8. The summed E-state index contributed by atoms with van der Waals surface area (Å²) in [5, 5.41) is 2.83. The lowest BCUT2D eigenvalue weighted by Crippen LogP contribution is -2.48. The van der Waals surface area contributed by atoms with Gasteiger partial charge in [0.25, 0.3) is 5.91 Å². The molecule has 1 aliphatic heterocycles. The zero-order chi connectivity index (χ0) is 18.5. The molecule has 1 N–H and O–H groups in total. The molecule has 6 heteroatoms. The molecule has 138 valence electrons. The van der Waals surface area contributed by atoms with Crippen LogP contribution in [0.5, 0.6) is 0 Å². The molecule has 1 saturated heterocycles. The fourth-order valence-electron chi connectivity index (χ4n) is 3.21. The highest BCUT2D eigenvalue weighted by Gasteiger charge is 2.25. The lowest BCUT2D eigenvalue weighted by Gasteiger charge is -2.38. The van der Waals surface area contributed by atoms with Crippen LogP contribution in [0.25, 0.3) is 0 Å². The van der Waals surface area contributed by atoms with Gasteiger partial charge in [-0.1, -0.05) is 24.3 Å². The molecule has 0 bridgehead atoms. The molecule has 1 heterocycles. The third-order valence-corrected chi connectivity index (χ3v) is 4.81. The maximum absolute atomic E-state index is 13.8. The number of rotatable bonds is 5. The number of halogens is 2. The van der Waals surface area contributed by atoms with Crippen LogP contribution in [0, 0.1) is 11.6 Å².